The van der Waals surface area contributed by atoms with Gasteiger partial charge < -0.3 is 14.6 Å². The first-order valence-corrected chi connectivity index (χ1v) is 9.06. The minimum absolute atomic E-state index is 0.0739. The van der Waals surface area contributed by atoms with Gasteiger partial charge in [0.15, 0.2) is 5.76 Å². The molecule has 1 N–H and O–H groups in total. The maximum Gasteiger partial charge on any atom is 0.393 e. The van der Waals surface area contributed by atoms with Crippen LogP contribution in [0.15, 0.2) is 22.8 Å². The van der Waals surface area contributed by atoms with Crippen molar-refractivity contribution < 1.29 is 27.2 Å². The Morgan fingerprint density at radius 1 is 1.12 bits per heavy atom. The lowest BCUT2D eigenvalue weighted by molar-refractivity contribution is -0.189. The number of piperidine rings is 1. The molecule has 1 saturated carbocycles. The summed E-state index contributed by atoms with van der Waals surface area (Å²) < 4.78 is 44.6. The van der Waals surface area contributed by atoms with Crippen LogP contribution in [0.25, 0.3) is 0 Å². The van der Waals surface area contributed by atoms with Crippen molar-refractivity contribution in [3.05, 3.63) is 24.2 Å². The van der Waals surface area contributed by atoms with E-state index in [1.807, 2.05) is 0 Å². The second kappa shape index (κ2) is 7.72. The number of halogens is 3. The van der Waals surface area contributed by atoms with Crippen molar-refractivity contribution in [2.24, 2.45) is 11.8 Å². The lowest BCUT2D eigenvalue weighted by Crippen LogP contribution is -2.51. The fourth-order valence-corrected chi connectivity index (χ4v) is 3.90. The molecule has 2 aliphatic rings. The molecule has 8 heteroatoms. The summed E-state index contributed by atoms with van der Waals surface area (Å²) in [4.78, 5) is 26.3. The molecule has 0 radical (unpaired) electrons. The van der Waals surface area contributed by atoms with E-state index < -0.39 is 18.1 Å². The molecular formula is C18H23F3N2O3. The standard InChI is InChI=1S/C18H23F3N2O3/c19-18(20,21)13-4-1-2-5-14(13)22-16(24)12-7-9-23(10-8-12)17(25)15-6-3-11-26-15/h3,6,11-14H,1-2,4-5,7-10H2,(H,22,24). The molecule has 2 fully saturated rings. The number of hydrogen-bond donors (Lipinski definition) is 1. The number of amides is 2. The maximum atomic E-state index is 13.2. The van der Waals surface area contributed by atoms with Crippen LogP contribution in [-0.4, -0.2) is 42.0 Å². The van der Waals surface area contributed by atoms with Gasteiger partial charge in [0.25, 0.3) is 5.91 Å². The summed E-state index contributed by atoms with van der Waals surface area (Å²) in [7, 11) is 0. The zero-order valence-corrected chi connectivity index (χ0v) is 14.4. The summed E-state index contributed by atoms with van der Waals surface area (Å²) in [6, 6.07) is 2.38. The first-order valence-electron chi connectivity index (χ1n) is 9.06. The van der Waals surface area contributed by atoms with Gasteiger partial charge in [0.2, 0.25) is 5.91 Å². The van der Waals surface area contributed by atoms with Crippen LogP contribution in [0.5, 0.6) is 0 Å². The van der Waals surface area contributed by atoms with Crippen LogP contribution in [0.1, 0.15) is 49.1 Å². The highest BCUT2D eigenvalue weighted by atomic mass is 19.4. The maximum absolute atomic E-state index is 13.2. The minimum atomic E-state index is -4.28. The van der Waals surface area contributed by atoms with Crippen molar-refractivity contribution in [2.45, 2.75) is 50.7 Å². The Balaban J connectivity index is 1.52. The van der Waals surface area contributed by atoms with Gasteiger partial charge in [-0.3, -0.25) is 9.59 Å². The molecule has 1 aliphatic heterocycles. The molecule has 0 spiro atoms. The van der Waals surface area contributed by atoms with Gasteiger partial charge in [-0.15, -0.1) is 0 Å². The molecule has 2 atom stereocenters. The summed E-state index contributed by atoms with van der Waals surface area (Å²) in [5.74, 6) is -2.11. The van der Waals surface area contributed by atoms with E-state index in [2.05, 4.69) is 5.32 Å². The molecule has 26 heavy (non-hydrogen) atoms. The van der Waals surface area contributed by atoms with E-state index in [1.54, 1.807) is 17.0 Å². The van der Waals surface area contributed by atoms with Crippen LogP contribution in [-0.2, 0) is 4.79 Å². The van der Waals surface area contributed by atoms with Crippen LogP contribution >= 0.6 is 0 Å². The second-order valence-electron chi connectivity index (χ2n) is 7.09. The monoisotopic (exact) mass is 372 g/mol. The van der Waals surface area contributed by atoms with Gasteiger partial charge in [-0.2, -0.15) is 13.2 Å². The third-order valence-corrected chi connectivity index (χ3v) is 5.40. The summed E-state index contributed by atoms with van der Waals surface area (Å²) in [6.07, 6.45) is -0.275. The number of alkyl halides is 3. The molecular weight excluding hydrogens is 349 g/mol. The predicted molar refractivity (Wildman–Crippen MR) is 87.3 cm³/mol. The summed E-state index contributed by atoms with van der Waals surface area (Å²) in [6.45, 7) is 0.788. The van der Waals surface area contributed by atoms with Gasteiger partial charge in [-0.1, -0.05) is 12.8 Å². The van der Waals surface area contributed by atoms with Crippen molar-refractivity contribution in [2.75, 3.05) is 13.1 Å². The highest BCUT2D eigenvalue weighted by Crippen LogP contribution is 2.38. The minimum Gasteiger partial charge on any atom is -0.459 e. The molecule has 1 aromatic heterocycles. The zero-order valence-electron chi connectivity index (χ0n) is 14.4. The molecule has 1 aromatic rings. The highest BCUT2D eigenvalue weighted by molar-refractivity contribution is 5.91. The summed E-state index contributed by atoms with van der Waals surface area (Å²) in [5, 5.41) is 2.64. The van der Waals surface area contributed by atoms with Gasteiger partial charge in [-0.05, 0) is 37.8 Å². The van der Waals surface area contributed by atoms with Crippen LogP contribution in [0.2, 0.25) is 0 Å². The van der Waals surface area contributed by atoms with Crippen LogP contribution in [0.3, 0.4) is 0 Å². The molecule has 3 rings (SSSR count). The quantitative estimate of drug-likeness (QED) is 0.885. The molecule has 0 bridgehead atoms. The smallest absolute Gasteiger partial charge is 0.393 e. The third kappa shape index (κ3) is 4.22. The van der Waals surface area contributed by atoms with E-state index in [9.17, 15) is 22.8 Å². The molecule has 2 amide bonds. The lowest BCUT2D eigenvalue weighted by atomic mass is 9.83. The van der Waals surface area contributed by atoms with Crippen molar-refractivity contribution in [3.8, 4) is 0 Å². The van der Waals surface area contributed by atoms with Crippen molar-refractivity contribution in [3.63, 3.8) is 0 Å². The predicted octanol–water partition coefficient (Wildman–Crippen LogP) is 3.37. The Morgan fingerprint density at radius 2 is 1.81 bits per heavy atom. The summed E-state index contributed by atoms with van der Waals surface area (Å²) >= 11 is 0. The van der Waals surface area contributed by atoms with Crippen molar-refractivity contribution in [1.82, 2.24) is 10.2 Å². The number of likely N-dealkylation sites (tertiary alicyclic amines) is 1. The van der Waals surface area contributed by atoms with Gasteiger partial charge in [0.05, 0.1) is 12.2 Å². The van der Waals surface area contributed by atoms with E-state index in [0.29, 0.717) is 45.2 Å². The van der Waals surface area contributed by atoms with Gasteiger partial charge in [0, 0.05) is 25.0 Å². The normalized spacial score (nSPS) is 25.1. The van der Waals surface area contributed by atoms with Crippen LogP contribution in [0.4, 0.5) is 13.2 Å². The molecule has 2 unspecified atom stereocenters. The molecule has 0 aromatic carbocycles. The van der Waals surface area contributed by atoms with E-state index in [4.69, 9.17) is 4.42 Å². The second-order valence-corrected chi connectivity index (χ2v) is 7.09. The number of nitrogens with zero attached hydrogens (tertiary/aromatic N) is 1. The largest absolute Gasteiger partial charge is 0.459 e. The fraction of sp³-hybridized carbons (Fsp3) is 0.667. The summed E-state index contributed by atoms with van der Waals surface area (Å²) in [5.41, 5.74) is 0. The number of hydrogen-bond acceptors (Lipinski definition) is 3. The highest BCUT2D eigenvalue weighted by Gasteiger charge is 2.46. The third-order valence-electron chi connectivity index (χ3n) is 5.40. The number of rotatable bonds is 3. The Morgan fingerprint density at radius 3 is 2.42 bits per heavy atom. The molecule has 2 heterocycles. The van der Waals surface area contributed by atoms with E-state index in [1.165, 1.54) is 6.26 Å². The first kappa shape index (κ1) is 18.8. The lowest BCUT2D eigenvalue weighted by Gasteiger charge is -2.36. The Bertz CT molecular complexity index is 622. The number of nitrogens with one attached hydrogen (secondary N) is 1. The molecule has 5 nitrogen and oxygen atoms in total. The zero-order chi connectivity index (χ0) is 18.7. The molecule has 1 aliphatic carbocycles. The molecule has 144 valence electrons. The van der Waals surface area contributed by atoms with E-state index in [-0.39, 0.29) is 29.9 Å². The van der Waals surface area contributed by atoms with Crippen LogP contribution < -0.4 is 5.32 Å². The molecule has 1 saturated heterocycles. The number of carbonyl (C=O) groups is 2. The Kier molecular flexibility index (Phi) is 5.58. The Hall–Kier alpha value is -1.99. The van der Waals surface area contributed by atoms with Gasteiger partial charge in [-0.25, -0.2) is 0 Å². The number of carbonyl (C=O) groups excluding carboxylic acids is 2. The topological polar surface area (TPSA) is 62.6 Å². The average Bonchev–Trinajstić information content (AvgIpc) is 3.15. The fourth-order valence-electron chi connectivity index (χ4n) is 3.90. The van der Waals surface area contributed by atoms with E-state index in [0.717, 1.165) is 0 Å². The van der Waals surface area contributed by atoms with Crippen molar-refractivity contribution >= 4 is 11.8 Å². The SMILES string of the molecule is O=C(NC1CCCCC1C(F)(F)F)C1CCN(C(=O)c2ccco2)CC1. The van der Waals surface area contributed by atoms with Crippen molar-refractivity contribution in [1.29, 1.82) is 0 Å². The van der Waals surface area contributed by atoms with Gasteiger partial charge >= 0.3 is 6.18 Å². The Labute approximate surface area is 149 Å². The van der Waals surface area contributed by atoms with Gasteiger partial charge in [0.1, 0.15) is 0 Å². The first-order chi connectivity index (χ1) is 12.4. The average molecular weight is 372 g/mol. The number of furan rings is 1. The van der Waals surface area contributed by atoms with E-state index >= 15 is 0 Å². The van der Waals surface area contributed by atoms with Crippen LogP contribution in [0, 0.1) is 11.8 Å².